The molecule has 3 N–H and O–H groups in total. The van der Waals surface area contributed by atoms with Crippen molar-refractivity contribution < 1.29 is 27.8 Å². The molecule has 0 spiro atoms. The first-order chi connectivity index (χ1) is 19.4. The highest BCUT2D eigenvalue weighted by Gasteiger charge is 2.21. The lowest BCUT2D eigenvalue weighted by Gasteiger charge is -2.26. The highest BCUT2D eigenvalue weighted by Crippen LogP contribution is 2.18. The summed E-state index contributed by atoms with van der Waals surface area (Å²) in [6.45, 7) is 4.63. The molecule has 3 aromatic carbocycles. The van der Waals surface area contributed by atoms with Crippen molar-refractivity contribution in [1.82, 2.24) is 15.5 Å². The number of nitrogens with one attached hydrogen (secondary N) is 3. The first kappa shape index (κ1) is 29.0. The van der Waals surface area contributed by atoms with Crippen LogP contribution in [-0.4, -0.2) is 62.3 Å². The summed E-state index contributed by atoms with van der Waals surface area (Å²) in [6, 6.07) is 18.0. The Morgan fingerprint density at radius 3 is 2.33 bits per heavy atom. The normalized spacial score (nSPS) is 14.2. The third kappa shape index (κ3) is 9.62. The first-order valence-electron chi connectivity index (χ1n) is 13.3. The fourth-order valence-electron chi connectivity index (χ4n) is 4.34. The van der Waals surface area contributed by atoms with Gasteiger partial charge in [0.15, 0.2) is 0 Å². The zero-order valence-electron chi connectivity index (χ0n) is 22.2. The van der Waals surface area contributed by atoms with Gasteiger partial charge in [-0.1, -0.05) is 30.3 Å². The molecule has 1 aliphatic heterocycles. The van der Waals surface area contributed by atoms with Crippen molar-refractivity contribution in [3.05, 3.63) is 95.6 Å². The topological polar surface area (TPSA) is 91.9 Å². The smallest absolute Gasteiger partial charge is 0.319 e. The van der Waals surface area contributed by atoms with Crippen molar-refractivity contribution in [1.29, 1.82) is 0 Å². The molecule has 0 aliphatic carbocycles. The fraction of sp³-hybridized carbons (Fsp3) is 0.333. The number of urea groups is 1. The van der Waals surface area contributed by atoms with Gasteiger partial charge >= 0.3 is 6.03 Å². The number of carbonyl (C=O) groups is 2. The van der Waals surface area contributed by atoms with E-state index in [2.05, 4.69) is 20.9 Å². The van der Waals surface area contributed by atoms with Gasteiger partial charge in [-0.25, -0.2) is 13.6 Å². The Kier molecular flexibility index (Phi) is 10.8. The van der Waals surface area contributed by atoms with E-state index in [1.807, 2.05) is 30.3 Å². The number of anilines is 1. The third-order valence-electron chi connectivity index (χ3n) is 6.40. The predicted octanol–water partition coefficient (Wildman–Crippen LogP) is 4.12. The molecule has 1 aliphatic rings. The average molecular weight is 553 g/mol. The summed E-state index contributed by atoms with van der Waals surface area (Å²) in [5.74, 6) is -1.12. The van der Waals surface area contributed by atoms with E-state index in [-0.39, 0.29) is 12.5 Å². The minimum atomic E-state index is -0.764. The second-order valence-electron chi connectivity index (χ2n) is 9.53. The van der Waals surface area contributed by atoms with Gasteiger partial charge in [0, 0.05) is 37.8 Å². The van der Waals surface area contributed by atoms with Crippen LogP contribution in [0, 0.1) is 11.6 Å². The fourth-order valence-corrected chi connectivity index (χ4v) is 4.34. The van der Waals surface area contributed by atoms with Crippen LogP contribution >= 0.6 is 0 Å². The number of hydrogen-bond donors (Lipinski definition) is 3. The van der Waals surface area contributed by atoms with E-state index >= 15 is 0 Å². The maximum absolute atomic E-state index is 13.4. The molecular formula is C30H34F2N4O4. The maximum atomic E-state index is 13.4. The molecule has 10 heteroatoms. The molecule has 0 unspecified atom stereocenters. The molecule has 8 nitrogen and oxygen atoms in total. The van der Waals surface area contributed by atoms with E-state index < -0.39 is 23.7 Å². The summed E-state index contributed by atoms with van der Waals surface area (Å²) >= 11 is 0. The molecule has 1 fully saturated rings. The first-order valence-corrected chi connectivity index (χ1v) is 13.3. The Hall–Kier alpha value is -4.02. The Labute approximate surface area is 232 Å². The highest BCUT2D eigenvalue weighted by atomic mass is 19.1. The summed E-state index contributed by atoms with van der Waals surface area (Å²) in [7, 11) is 0. The zero-order valence-corrected chi connectivity index (χ0v) is 22.2. The Morgan fingerprint density at radius 2 is 1.62 bits per heavy atom. The van der Waals surface area contributed by atoms with Crippen LogP contribution in [0.15, 0.2) is 72.8 Å². The lowest BCUT2D eigenvalue weighted by molar-refractivity contribution is -0.122. The van der Waals surface area contributed by atoms with E-state index in [1.165, 1.54) is 12.1 Å². The average Bonchev–Trinajstić information content (AvgIpc) is 2.95. The number of carbonyl (C=O) groups excluding carboxylic acids is 2. The number of nitrogens with zero attached hydrogens (tertiary/aromatic N) is 1. The lowest BCUT2D eigenvalue weighted by Crippen LogP contribution is -2.49. The SMILES string of the molecule is O=C(Nc1ccc(OCc2cc(F)cc(F)c2)cc1)N[C@H](Cc1ccccc1)C(=O)NCCCN1CCOCC1. The Balaban J connectivity index is 1.28. The number of amides is 3. The van der Waals surface area contributed by atoms with Gasteiger partial charge in [-0.3, -0.25) is 9.69 Å². The quantitative estimate of drug-likeness (QED) is 0.294. The molecule has 0 aromatic heterocycles. The summed E-state index contributed by atoms with van der Waals surface area (Å²) in [5.41, 5.74) is 1.78. The molecule has 212 valence electrons. The minimum absolute atomic E-state index is 0.00926. The second-order valence-corrected chi connectivity index (χ2v) is 9.53. The van der Waals surface area contributed by atoms with Gasteiger partial charge < -0.3 is 25.4 Å². The van der Waals surface area contributed by atoms with Gasteiger partial charge in [-0.2, -0.15) is 0 Å². The number of rotatable bonds is 12. The van der Waals surface area contributed by atoms with Crippen molar-refractivity contribution in [3.8, 4) is 5.75 Å². The van der Waals surface area contributed by atoms with Crippen LogP contribution in [0.25, 0.3) is 0 Å². The monoisotopic (exact) mass is 552 g/mol. The minimum Gasteiger partial charge on any atom is -0.489 e. The van der Waals surface area contributed by atoms with E-state index in [9.17, 15) is 18.4 Å². The van der Waals surface area contributed by atoms with Gasteiger partial charge in [0.25, 0.3) is 0 Å². The van der Waals surface area contributed by atoms with Crippen LogP contribution in [0.1, 0.15) is 17.5 Å². The number of hydrogen-bond acceptors (Lipinski definition) is 5. The van der Waals surface area contributed by atoms with Gasteiger partial charge in [0.05, 0.1) is 13.2 Å². The summed E-state index contributed by atoms with van der Waals surface area (Å²) in [5, 5.41) is 8.47. The van der Waals surface area contributed by atoms with Crippen LogP contribution in [0.2, 0.25) is 0 Å². The van der Waals surface area contributed by atoms with Crippen LogP contribution in [-0.2, 0) is 22.6 Å². The van der Waals surface area contributed by atoms with E-state index in [4.69, 9.17) is 9.47 Å². The van der Waals surface area contributed by atoms with Gasteiger partial charge in [0.1, 0.15) is 30.0 Å². The van der Waals surface area contributed by atoms with E-state index in [0.29, 0.717) is 30.0 Å². The molecule has 1 atom stereocenters. The summed E-state index contributed by atoms with van der Waals surface area (Å²) in [6.07, 6.45) is 1.15. The third-order valence-corrected chi connectivity index (χ3v) is 6.40. The Morgan fingerprint density at radius 1 is 0.925 bits per heavy atom. The van der Waals surface area contributed by atoms with Crippen LogP contribution in [0.5, 0.6) is 5.75 Å². The van der Waals surface area contributed by atoms with Crippen molar-refractivity contribution in [2.24, 2.45) is 0 Å². The van der Waals surface area contributed by atoms with Crippen LogP contribution < -0.4 is 20.7 Å². The lowest BCUT2D eigenvalue weighted by atomic mass is 10.1. The van der Waals surface area contributed by atoms with Gasteiger partial charge in [-0.05, 0) is 60.5 Å². The molecule has 40 heavy (non-hydrogen) atoms. The number of halogens is 2. The zero-order chi connectivity index (χ0) is 28.2. The number of benzene rings is 3. The summed E-state index contributed by atoms with van der Waals surface area (Å²) in [4.78, 5) is 28.1. The van der Waals surface area contributed by atoms with Crippen molar-refractivity contribution in [3.63, 3.8) is 0 Å². The number of morpholine rings is 1. The van der Waals surface area contributed by atoms with E-state index in [1.54, 1.807) is 24.3 Å². The Bertz CT molecular complexity index is 1220. The van der Waals surface area contributed by atoms with Crippen molar-refractivity contribution >= 4 is 17.6 Å². The molecule has 0 radical (unpaired) electrons. The van der Waals surface area contributed by atoms with Crippen molar-refractivity contribution in [2.45, 2.75) is 25.5 Å². The molecule has 1 saturated heterocycles. The standard InChI is InChI=1S/C30H34F2N4O4/c31-24-17-23(18-25(32)20-24)21-40-27-9-7-26(8-10-27)34-30(38)35-28(19-22-5-2-1-3-6-22)29(37)33-11-4-12-36-13-15-39-16-14-36/h1-3,5-10,17-18,20,28H,4,11-16,19,21H2,(H,33,37)(H2,34,35,38)/t28-/m1/s1. The molecule has 3 aromatic rings. The highest BCUT2D eigenvalue weighted by molar-refractivity contribution is 5.93. The predicted molar refractivity (Wildman–Crippen MR) is 148 cm³/mol. The van der Waals surface area contributed by atoms with Crippen LogP contribution in [0.4, 0.5) is 19.3 Å². The van der Waals surface area contributed by atoms with Gasteiger partial charge in [0.2, 0.25) is 5.91 Å². The van der Waals surface area contributed by atoms with Gasteiger partial charge in [-0.15, -0.1) is 0 Å². The molecule has 0 saturated carbocycles. The molecule has 4 rings (SSSR count). The largest absolute Gasteiger partial charge is 0.489 e. The molecule has 0 bridgehead atoms. The molecule has 3 amide bonds. The summed E-state index contributed by atoms with van der Waals surface area (Å²) < 4.78 is 37.7. The molecule has 1 heterocycles. The molecular weight excluding hydrogens is 518 g/mol. The maximum Gasteiger partial charge on any atom is 0.319 e. The van der Waals surface area contributed by atoms with E-state index in [0.717, 1.165) is 50.9 Å². The number of ether oxygens (including phenoxy) is 2. The van der Waals surface area contributed by atoms with Crippen LogP contribution in [0.3, 0.4) is 0 Å². The second kappa shape index (κ2) is 14.9. The van der Waals surface area contributed by atoms with Crippen molar-refractivity contribution in [2.75, 3.05) is 44.7 Å².